The first-order chi connectivity index (χ1) is 4.97. The Bertz CT molecular complexity index is 246. The normalized spacial score (nSPS) is 11.7. The van der Waals surface area contributed by atoms with Gasteiger partial charge in [-0.25, -0.2) is 0 Å². The number of ether oxygens (including phenoxy) is 1. The first-order valence-corrected chi connectivity index (χ1v) is 3.36. The van der Waals surface area contributed by atoms with Crippen LogP contribution in [0.5, 0.6) is 5.75 Å². The fraction of sp³-hybridized carbons (Fsp3) is 0.111. The third kappa shape index (κ3) is 2.50. The molecule has 1 aliphatic heterocycles. The molecular formula is C9H8CuOTi. The molecule has 1 heterocycles. The summed E-state index contributed by atoms with van der Waals surface area (Å²) in [5.74, 6) is 0.991. The van der Waals surface area contributed by atoms with E-state index in [2.05, 4.69) is 6.07 Å². The van der Waals surface area contributed by atoms with Gasteiger partial charge in [0.2, 0.25) is 0 Å². The second kappa shape index (κ2) is 5.61. The van der Waals surface area contributed by atoms with E-state index in [-0.39, 0.29) is 38.8 Å². The standard InChI is InChI=1S/C9H8O.Cu.Ti/c1-2-6-9-8(4-1)5-3-7-10-9;;/h1-4,6-7H,5H2;;. The summed E-state index contributed by atoms with van der Waals surface area (Å²) < 4.78 is 5.24. The number of fused-ring (bicyclic) bond motifs is 1. The van der Waals surface area contributed by atoms with E-state index in [4.69, 9.17) is 4.74 Å². The molecule has 0 aromatic heterocycles. The van der Waals surface area contributed by atoms with E-state index < -0.39 is 0 Å². The molecule has 0 saturated heterocycles. The molecular weight excluding hydrogens is 236 g/mol. The van der Waals surface area contributed by atoms with Gasteiger partial charge in [-0.3, -0.25) is 0 Å². The number of rotatable bonds is 0. The molecule has 1 aliphatic rings. The topological polar surface area (TPSA) is 9.23 Å². The van der Waals surface area contributed by atoms with Crippen molar-refractivity contribution in [2.75, 3.05) is 0 Å². The number of para-hydroxylation sites is 1. The molecule has 0 amide bonds. The summed E-state index contributed by atoms with van der Waals surface area (Å²) in [6, 6.07) is 8.08. The Hall–Kier alpha value is -0.00623. The van der Waals surface area contributed by atoms with Crippen LogP contribution >= 0.6 is 0 Å². The molecule has 1 nitrogen and oxygen atoms in total. The molecule has 0 fully saturated rings. The first-order valence-electron chi connectivity index (χ1n) is 3.36. The minimum atomic E-state index is 0. The first kappa shape index (κ1) is 12.0. The van der Waals surface area contributed by atoms with E-state index in [9.17, 15) is 0 Å². The zero-order valence-corrected chi connectivity index (χ0v) is 8.88. The summed E-state index contributed by atoms with van der Waals surface area (Å²) >= 11 is 0. The number of benzene rings is 1. The van der Waals surface area contributed by atoms with Crippen LogP contribution in [0.15, 0.2) is 36.6 Å². The maximum atomic E-state index is 5.24. The largest absolute Gasteiger partial charge is 0.465 e. The molecule has 2 rings (SSSR count). The van der Waals surface area contributed by atoms with E-state index in [0.717, 1.165) is 12.2 Å². The maximum Gasteiger partial charge on any atom is 0.130 e. The van der Waals surface area contributed by atoms with E-state index in [1.807, 2.05) is 24.3 Å². The van der Waals surface area contributed by atoms with E-state index in [1.54, 1.807) is 6.26 Å². The molecule has 0 atom stereocenters. The summed E-state index contributed by atoms with van der Waals surface area (Å²) in [6.45, 7) is 0. The predicted octanol–water partition coefficient (Wildman–Crippen LogP) is 2.13. The number of hydrogen-bond donors (Lipinski definition) is 0. The van der Waals surface area contributed by atoms with Gasteiger partial charge in [-0.15, -0.1) is 0 Å². The molecule has 0 saturated carbocycles. The maximum absolute atomic E-state index is 5.24. The average Bonchev–Trinajstić information content (AvgIpc) is 2.05. The SMILES string of the molecule is C1=COc2ccccc2C1.[Cu].[Ti]. The third-order valence-corrected chi connectivity index (χ3v) is 1.60. The van der Waals surface area contributed by atoms with Crippen LogP contribution in [-0.2, 0) is 45.2 Å². The molecule has 0 N–H and O–H groups in total. The zero-order chi connectivity index (χ0) is 6.81. The van der Waals surface area contributed by atoms with Gasteiger partial charge < -0.3 is 4.74 Å². The summed E-state index contributed by atoms with van der Waals surface area (Å²) in [5.41, 5.74) is 1.27. The van der Waals surface area contributed by atoms with Crippen LogP contribution in [0.3, 0.4) is 0 Å². The molecule has 1 radical (unpaired) electrons. The van der Waals surface area contributed by atoms with E-state index in [0.29, 0.717) is 0 Å². The Labute approximate surface area is 97.5 Å². The van der Waals surface area contributed by atoms with Crippen LogP contribution in [0.2, 0.25) is 0 Å². The molecule has 0 unspecified atom stereocenters. The van der Waals surface area contributed by atoms with E-state index >= 15 is 0 Å². The van der Waals surface area contributed by atoms with Crippen LogP contribution in [0.4, 0.5) is 0 Å². The van der Waals surface area contributed by atoms with Gasteiger partial charge >= 0.3 is 0 Å². The quantitative estimate of drug-likeness (QED) is 0.635. The van der Waals surface area contributed by atoms with Gasteiger partial charge in [0.1, 0.15) is 5.75 Å². The smallest absolute Gasteiger partial charge is 0.130 e. The van der Waals surface area contributed by atoms with Crippen molar-refractivity contribution in [3.8, 4) is 5.75 Å². The van der Waals surface area contributed by atoms with Crippen molar-refractivity contribution in [3.05, 3.63) is 42.2 Å². The van der Waals surface area contributed by atoms with Gasteiger partial charge in [-0.1, -0.05) is 18.2 Å². The van der Waals surface area contributed by atoms with Crippen molar-refractivity contribution >= 4 is 0 Å². The Kier molecular flexibility index (Phi) is 5.60. The van der Waals surface area contributed by atoms with Gasteiger partial charge in [0.15, 0.2) is 0 Å². The Balaban J connectivity index is 0.000000605. The molecule has 0 aliphatic carbocycles. The molecule has 3 heteroatoms. The molecule has 0 bridgehead atoms. The zero-order valence-electron chi connectivity index (χ0n) is 6.38. The molecule has 1 aromatic rings. The molecule has 12 heavy (non-hydrogen) atoms. The van der Waals surface area contributed by atoms with Crippen LogP contribution in [0.1, 0.15) is 5.56 Å². The summed E-state index contributed by atoms with van der Waals surface area (Å²) in [4.78, 5) is 0. The summed E-state index contributed by atoms with van der Waals surface area (Å²) in [7, 11) is 0. The van der Waals surface area contributed by atoms with Crippen molar-refractivity contribution in [1.82, 2.24) is 0 Å². The van der Waals surface area contributed by atoms with Crippen LogP contribution in [0.25, 0.3) is 0 Å². The van der Waals surface area contributed by atoms with Crippen molar-refractivity contribution in [2.45, 2.75) is 6.42 Å². The van der Waals surface area contributed by atoms with Gasteiger partial charge in [0.25, 0.3) is 0 Å². The van der Waals surface area contributed by atoms with Crippen molar-refractivity contribution < 1.29 is 43.5 Å². The molecule has 1 aromatic carbocycles. The predicted molar refractivity (Wildman–Crippen MR) is 39.9 cm³/mol. The third-order valence-electron chi connectivity index (χ3n) is 1.60. The average molecular weight is 244 g/mol. The minimum Gasteiger partial charge on any atom is -0.465 e. The van der Waals surface area contributed by atoms with Crippen LogP contribution in [0, 0.1) is 0 Å². The van der Waals surface area contributed by atoms with Gasteiger partial charge in [0, 0.05) is 38.8 Å². The molecule has 65 valence electrons. The van der Waals surface area contributed by atoms with Crippen molar-refractivity contribution in [1.29, 1.82) is 0 Å². The molecule has 0 spiro atoms. The Morgan fingerprint density at radius 3 is 2.67 bits per heavy atom. The fourth-order valence-electron chi connectivity index (χ4n) is 1.08. The van der Waals surface area contributed by atoms with Gasteiger partial charge in [0.05, 0.1) is 6.26 Å². The van der Waals surface area contributed by atoms with Gasteiger partial charge in [-0.2, -0.15) is 0 Å². The monoisotopic (exact) mass is 243 g/mol. The Morgan fingerprint density at radius 1 is 1.17 bits per heavy atom. The minimum absolute atomic E-state index is 0. The van der Waals surface area contributed by atoms with E-state index in [1.165, 1.54) is 5.56 Å². The summed E-state index contributed by atoms with van der Waals surface area (Å²) in [6.07, 6.45) is 4.75. The number of allylic oxidation sites excluding steroid dienone is 1. The Morgan fingerprint density at radius 2 is 1.92 bits per heavy atom. The second-order valence-electron chi connectivity index (χ2n) is 2.30. The van der Waals surface area contributed by atoms with Crippen LogP contribution in [-0.4, -0.2) is 0 Å². The van der Waals surface area contributed by atoms with Crippen molar-refractivity contribution in [2.24, 2.45) is 0 Å². The number of hydrogen-bond acceptors (Lipinski definition) is 1. The fourth-order valence-corrected chi connectivity index (χ4v) is 1.08. The summed E-state index contributed by atoms with van der Waals surface area (Å²) in [5, 5.41) is 0. The van der Waals surface area contributed by atoms with Crippen molar-refractivity contribution in [3.63, 3.8) is 0 Å². The van der Waals surface area contributed by atoms with Gasteiger partial charge in [-0.05, 0) is 24.1 Å². The second-order valence-corrected chi connectivity index (χ2v) is 2.30. The van der Waals surface area contributed by atoms with Crippen LogP contribution < -0.4 is 4.74 Å².